The van der Waals surface area contributed by atoms with Crippen LogP contribution >= 0.6 is 0 Å². The zero-order valence-corrected chi connectivity index (χ0v) is 16.1. The molecule has 0 aliphatic carbocycles. The number of rotatable bonds is 1. The van der Waals surface area contributed by atoms with E-state index in [0.29, 0.717) is 16.7 Å². The van der Waals surface area contributed by atoms with Crippen molar-refractivity contribution in [3.63, 3.8) is 0 Å². The van der Waals surface area contributed by atoms with Gasteiger partial charge in [0, 0.05) is 27.8 Å². The van der Waals surface area contributed by atoms with Gasteiger partial charge >= 0.3 is 0 Å². The van der Waals surface area contributed by atoms with Crippen LogP contribution in [0.1, 0.15) is 22.3 Å². The fourth-order valence-corrected chi connectivity index (χ4v) is 3.08. The summed E-state index contributed by atoms with van der Waals surface area (Å²) < 4.78 is 0. The summed E-state index contributed by atoms with van der Waals surface area (Å²) in [5.74, 6) is 13.0. The zero-order chi connectivity index (χ0) is 20.8. The van der Waals surface area contributed by atoms with Gasteiger partial charge in [-0.2, -0.15) is 0 Å². The maximum Gasteiger partial charge on any atom is 0.117 e. The van der Waals surface area contributed by atoms with E-state index in [0.717, 1.165) is 16.7 Å². The molecule has 0 saturated heterocycles. The predicted molar refractivity (Wildman–Crippen MR) is 120 cm³/mol. The first-order valence-electron chi connectivity index (χ1n) is 9.49. The van der Waals surface area contributed by atoms with Crippen LogP contribution in [0.3, 0.4) is 0 Å². The Morgan fingerprint density at radius 2 is 1.13 bits per heavy atom. The molecule has 2 nitrogen and oxygen atoms in total. The largest absolute Gasteiger partial charge is 0.508 e. The maximum atomic E-state index is 10.4. The van der Waals surface area contributed by atoms with Gasteiger partial charge in [-0.25, -0.2) is 0 Å². The Labute approximate surface area is 176 Å². The molecule has 0 fully saturated rings. The van der Waals surface area contributed by atoms with Crippen molar-refractivity contribution >= 4 is 0 Å². The molecule has 0 spiro atoms. The standard InChI is InChI=1S/C28H18O2/c29-25-13-7-12-23(18-25)28-20-26(30)19-24(16-14-21-8-3-1-4-9-21)27(28)17-15-22-10-5-2-6-11-22/h1-13,18-20,29-30H. The summed E-state index contributed by atoms with van der Waals surface area (Å²) in [6.45, 7) is 0. The molecule has 2 N–H and O–H groups in total. The second-order valence-corrected chi connectivity index (χ2v) is 6.70. The van der Waals surface area contributed by atoms with Crippen molar-refractivity contribution in [3.05, 3.63) is 119 Å². The molecule has 2 heteroatoms. The van der Waals surface area contributed by atoms with Crippen LogP contribution in [0.5, 0.6) is 11.5 Å². The topological polar surface area (TPSA) is 40.5 Å². The van der Waals surface area contributed by atoms with E-state index in [-0.39, 0.29) is 11.5 Å². The van der Waals surface area contributed by atoms with Crippen LogP contribution in [0.15, 0.2) is 97.1 Å². The SMILES string of the molecule is Oc1cccc(-c2cc(O)cc(C#Cc3ccccc3)c2C#Cc2ccccc2)c1. The molecule has 0 aliphatic heterocycles. The van der Waals surface area contributed by atoms with Crippen LogP contribution in [0.2, 0.25) is 0 Å². The van der Waals surface area contributed by atoms with Crippen LogP contribution in [0.4, 0.5) is 0 Å². The van der Waals surface area contributed by atoms with Crippen molar-refractivity contribution in [1.29, 1.82) is 0 Å². The summed E-state index contributed by atoms with van der Waals surface area (Å²) >= 11 is 0. The first kappa shape index (κ1) is 18.9. The minimum absolute atomic E-state index is 0.0935. The molecule has 30 heavy (non-hydrogen) atoms. The highest BCUT2D eigenvalue weighted by Gasteiger charge is 2.11. The summed E-state index contributed by atoms with van der Waals surface area (Å²) in [6.07, 6.45) is 0. The van der Waals surface area contributed by atoms with Crippen molar-refractivity contribution in [1.82, 2.24) is 0 Å². The molecule has 4 aromatic rings. The van der Waals surface area contributed by atoms with Crippen LogP contribution in [-0.4, -0.2) is 10.2 Å². The summed E-state index contributed by atoms with van der Waals surface area (Å²) in [7, 11) is 0. The van der Waals surface area contributed by atoms with Gasteiger partial charge in [-0.15, -0.1) is 0 Å². The van der Waals surface area contributed by atoms with Gasteiger partial charge in [0.25, 0.3) is 0 Å². The third-order valence-corrected chi connectivity index (χ3v) is 4.50. The first-order valence-corrected chi connectivity index (χ1v) is 9.49. The summed E-state index contributed by atoms with van der Waals surface area (Å²) in [4.78, 5) is 0. The van der Waals surface area contributed by atoms with E-state index in [1.165, 1.54) is 0 Å². The molecule has 142 valence electrons. The third kappa shape index (κ3) is 4.53. The van der Waals surface area contributed by atoms with Crippen molar-refractivity contribution in [3.8, 4) is 46.3 Å². The Balaban J connectivity index is 1.91. The van der Waals surface area contributed by atoms with E-state index in [1.54, 1.807) is 30.3 Å². The van der Waals surface area contributed by atoms with E-state index < -0.39 is 0 Å². The number of benzene rings is 4. The van der Waals surface area contributed by atoms with Gasteiger partial charge in [-0.3, -0.25) is 0 Å². The van der Waals surface area contributed by atoms with Gasteiger partial charge in [0.1, 0.15) is 11.5 Å². The van der Waals surface area contributed by atoms with Crippen LogP contribution in [-0.2, 0) is 0 Å². The fourth-order valence-electron chi connectivity index (χ4n) is 3.08. The van der Waals surface area contributed by atoms with Gasteiger partial charge < -0.3 is 10.2 Å². The van der Waals surface area contributed by atoms with Gasteiger partial charge in [0.2, 0.25) is 0 Å². The Morgan fingerprint density at radius 3 is 1.77 bits per heavy atom. The predicted octanol–water partition coefficient (Wildman–Crippen LogP) is 5.56. The lowest BCUT2D eigenvalue weighted by atomic mass is 9.94. The second-order valence-electron chi connectivity index (χ2n) is 6.70. The van der Waals surface area contributed by atoms with Crippen LogP contribution < -0.4 is 0 Å². The Hall–Kier alpha value is -4.40. The summed E-state index contributed by atoms with van der Waals surface area (Å²) in [6, 6.07) is 29.5. The van der Waals surface area contributed by atoms with E-state index >= 15 is 0 Å². The number of phenols is 2. The minimum Gasteiger partial charge on any atom is -0.508 e. The Kier molecular flexibility index (Phi) is 5.52. The molecule has 0 bridgehead atoms. The molecule has 0 aromatic heterocycles. The van der Waals surface area contributed by atoms with Crippen molar-refractivity contribution in [2.75, 3.05) is 0 Å². The minimum atomic E-state index is 0.0935. The maximum absolute atomic E-state index is 10.4. The molecule has 0 aliphatic rings. The quantitative estimate of drug-likeness (QED) is 0.420. The van der Waals surface area contributed by atoms with Crippen molar-refractivity contribution in [2.45, 2.75) is 0 Å². The first-order chi connectivity index (χ1) is 14.7. The zero-order valence-electron chi connectivity index (χ0n) is 16.1. The van der Waals surface area contributed by atoms with Crippen LogP contribution in [0, 0.1) is 23.7 Å². The normalized spacial score (nSPS) is 9.73. The van der Waals surface area contributed by atoms with E-state index in [1.807, 2.05) is 66.7 Å². The lowest BCUT2D eigenvalue weighted by Crippen LogP contribution is -1.91. The number of hydrogen-bond acceptors (Lipinski definition) is 2. The number of aromatic hydroxyl groups is 2. The third-order valence-electron chi connectivity index (χ3n) is 4.50. The molecule has 0 atom stereocenters. The fraction of sp³-hybridized carbons (Fsp3) is 0. The van der Waals surface area contributed by atoms with E-state index in [4.69, 9.17) is 0 Å². The van der Waals surface area contributed by atoms with E-state index in [9.17, 15) is 10.2 Å². The second kappa shape index (κ2) is 8.74. The molecule has 4 rings (SSSR count). The van der Waals surface area contributed by atoms with Crippen LogP contribution in [0.25, 0.3) is 11.1 Å². The molecular formula is C28H18O2. The Bertz CT molecular complexity index is 1300. The number of hydrogen-bond donors (Lipinski definition) is 2. The lowest BCUT2D eigenvalue weighted by Gasteiger charge is -2.09. The molecule has 0 saturated carbocycles. The molecular weight excluding hydrogens is 368 g/mol. The average Bonchev–Trinajstić information content (AvgIpc) is 2.78. The average molecular weight is 386 g/mol. The molecule has 4 aromatic carbocycles. The van der Waals surface area contributed by atoms with Crippen molar-refractivity contribution < 1.29 is 10.2 Å². The molecule has 0 heterocycles. The number of phenolic OH excluding ortho intramolecular Hbond substituents is 2. The highest BCUT2D eigenvalue weighted by molar-refractivity contribution is 5.77. The molecule has 0 amide bonds. The molecule has 0 radical (unpaired) electrons. The van der Waals surface area contributed by atoms with Crippen molar-refractivity contribution in [2.24, 2.45) is 0 Å². The summed E-state index contributed by atoms with van der Waals surface area (Å²) in [5.41, 5.74) is 4.56. The van der Waals surface area contributed by atoms with Gasteiger partial charge in [0.05, 0.1) is 0 Å². The highest BCUT2D eigenvalue weighted by Crippen LogP contribution is 2.32. The van der Waals surface area contributed by atoms with E-state index in [2.05, 4.69) is 23.7 Å². The molecule has 0 unspecified atom stereocenters. The van der Waals surface area contributed by atoms with Gasteiger partial charge in [0.15, 0.2) is 0 Å². The van der Waals surface area contributed by atoms with Gasteiger partial charge in [-0.05, 0) is 54.1 Å². The highest BCUT2D eigenvalue weighted by atomic mass is 16.3. The Morgan fingerprint density at radius 1 is 0.500 bits per heavy atom. The monoisotopic (exact) mass is 386 g/mol. The van der Waals surface area contributed by atoms with Gasteiger partial charge in [-0.1, -0.05) is 72.2 Å². The summed E-state index contributed by atoms with van der Waals surface area (Å²) in [5, 5.41) is 20.3. The smallest absolute Gasteiger partial charge is 0.117 e. The lowest BCUT2D eigenvalue weighted by molar-refractivity contribution is 0.474.